The van der Waals surface area contributed by atoms with Crippen molar-refractivity contribution >= 4 is 33.0 Å². The van der Waals surface area contributed by atoms with Gasteiger partial charge in [0.2, 0.25) is 5.91 Å². The van der Waals surface area contributed by atoms with E-state index in [1.54, 1.807) is 36.4 Å². The summed E-state index contributed by atoms with van der Waals surface area (Å²) in [5, 5.41) is 0. The first kappa shape index (κ1) is 21.4. The number of hydrogen-bond donors (Lipinski definition) is 0. The number of amides is 2. The highest BCUT2D eigenvalue weighted by Gasteiger charge is 2.69. The van der Waals surface area contributed by atoms with Gasteiger partial charge in [-0.15, -0.1) is 0 Å². The highest BCUT2D eigenvalue weighted by molar-refractivity contribution is 7.94. The van der Waals surface area contributed by atoms with Crippen LogP contribution in [0.3, 0.4) is 0 Å². The predicted octanol–water partition coefficient (Wildman–Crippen LogP) is 3.72. The summed E-state index contributed by atoms with van der Waals surface area (Å²) < 4.78 is 27.3. The zero-order valence-electron chi connectivity index (χ0n) is 18.5. The number of anilines is 2. The number of sulfone groups is 1. The summed E-state index contributed by atoms with van der Waals surface area (Å²) in [5.74, 6) is -1.92. The van der Waals surface area contributed by atoms with Crippen molar-refractivity contribution in [2.75, 3.05) is 15.6 Å². The molecular formula is C26H24N2O4S. The van der Waals surface area contributed by atoms with Gasteiger partial charge in [0.15, 0.2) is 9.84 Å². The van der Waals surface area contributed by atoms with E-state index in [4.69, 9.17) is 0 Å². The zero-order valence-corrected chi connectivity index (χ0v) is 19.3. The van der Waals surface area contributed by atoms with Gasteiger partial charge in [-0.2, -0.15) is 0 Å². The van der Waals surface area contributed by atoms with Crippen molar-refractivity contribution in [3.05, 3.63) is 95.1 Å². The molecule has 1 spiro atoms. The summed E-state index contributed by atoms with van der Waals surface area (Å²) in [7, 11) is -4.16. The Morgan fingerprint density at radius 1 is 0.909 bits per heavy atom. The van der Waals surface area contributed by atoms with E-state index in [9.17, 15) is 18.0 Å². The molecule has 0 aromatic heterocycles. The van der Waals surface area contributed by atoms with Crippen molar-refractivity contribution in [1.82, 2.24) is 0 Å². The lowest BCUT2D eigenvalue weighted by Gasteiger charge is -2.32. The lowest BCUT2D eigenvalue weighted by atomic mass is 10.0. The molecule has 1 atom stereocenters. The average molecular weight is 461 g/mol. The van der Waals surface area contributed by atoms with Crippen molar-refractivity contribution in [2.24, 2.45) is 0 Å². The van der Waals surface area contributed by atoms with E-state index in [1.165, 1.54) is 9.80 Å². The summed E-state index contributed by atoms with van der Waals surface area (Å²) in [6.45, 7) is 4.19. The molecule has 33 heavy (non-hydrogen) atoms. The SMILES string of the molecule is CCc1ccc(N2C(=O)CS(=O)(=O)[C@@]23C(=O)N(Cc2ccccc2C)c2ccccc23)cc1. The van der Waals surface area contributed by atoms with Crippen molar-refractivity contribution < 1.29 is 18.0 Å². The largest absolute Gasteiger partial charge is 0.304 e. The molecule has 5 rings (SSSR count). The Balaban J connectivity index is 1.72. The van der Waals surface area contributed by atoms with E-state index in [2.05, 4.69) is 0 Å². The fraction of sp³-hybridized carbons (Fsp3) is 0.231. The van der Waals surface area contributed by atoms with E-state index in [1.807, 2.05) is 50.2 Å². The van der Waals surface area contributed by atoms with Crippen LogP contribution in [0.2, 0.25) is 0 Å². The number of carbonyl (C=O) groups excluding carboxylic acids is 2. The molecule has 168 valence electrons. The first-order valence-corrected chi connectivity index (χ1v) is 12.6. The Labute approximate surface area is 193 Å². The summed E-state index contributed by atoms with van der Waals surface area (Å²) in [4.78, 5) is 27.9. The molecule has 6 nitrogen and oxygen atoms in total. The van der Waals surface area contributed by atoms with Crippen molar-refractivity contribution in [2.45, 2.75) is 31.7 Å². The van der Waals surface area contributed by atoms with Crippen LogP contribution >= 0.6 is 0 Å². The topological polar surface area (TPSA) is 74.8 Å². The first-order valence-electron chi connectivity index (χ1n) is 10.9. The second-order valence-electron chi connectivity index (χ2n) is 8.49. The minimum Gasteiger partial charge on any atom is -0.304 e. The predicted molar refractivity (Wildman–Crippen MR) is 128 cm³/mol. The fourth-order valence-electron chi connectivity index (χ4n) is 4.89. The molecule has 0 bridgehead atoms. The highest BCUT2D eigenvalue weighted by Crippen LogP contribution is 2.52. The van der Waals surface area contributed by atoms with Gasteiger partial charge in [0, 0.05) is 11.3 Å². The molecule has 3 aromatic rings. The third kappa shape index (κ3) is 2.95. The van der Waals surface area contributed by atoms with Crippen LogP contribution in [0.5, 0.6) is 0 Å². The third-order valence-corrected chi connectivity index (χ3v) is 8.72. The Bertz CT molecular complexity index is 1380. The average Bonchev–Trinajstić information content (AvgIpc) is 3.18. The van der Waals surface area contributed by atoms with Gasteiger partial charge in [-0.3, -0.25) is 14.5 Å². The van der Waals surface area contributed by atoms with Crippen LogP contribution in [-0.2, 0) is 37.3 Å². The standard InChI is InChI=1S/C26H24N2O4S/c1-3-19-12-14-21(15-13-19)28-24(29)17-33(31,32)26(28)22-10-6-7-11-23(22)27(25(26)30)16-20-9-5-4-8-18(20)2/h4-15H,3,16-17H2,1-2H3/t26-/m0/s1. The summed E-state index contributed by atoms with van der Waals surface area (Å²) in [6.07, 6.45) is 0.809. The number of nitrogens with zero attached hydrogens (tertiary/aromatic N) is 2. The fourth-order valence-corrected chi connectivity index (χ4v) is 6.92. The molecule has 2 amide bonds. The number of aryl methyl sites for hydroxylation is 2. The minimum atomic E-state index is -4.16. The van der Waals surface area contributed by atoms with Crippen LogP contribution in [-0.4, -0.2) is 26.0 Å². The van der Waals surface area contributed by atoms with Crippen molar-refractivity contribution in [3.8, 4) is 0 Å². The molecule has 0 saturated carbocycles. The van der Waals surface area contributed by atoms with E-state index in [0.29, 0.717) is 16.9 Å². The maximum absolute atomic E-state index is 14.1. The van der Waals surface area contributed by atoms with Gasteiger partial charge in [0.05, 0.1) is 12.2 Å². The minimum absolute atomic E-state index is 0.219. The van der Waals surface area contributed by atoms with E-state index in [-0.39, 0.29) is 6.54 Å². The molecule has 0 unspecified atom stereocenters. The maximum atomic E-state index is 14.1. The maximum Gasteiger partial charge on any atom is 0.274 e. The Morgan fingerprint density at radius 2 is 1.58 bits per heavy atom. The molecule has 3 aromatic carbocycles. The number of carbonyl (C=O) groups is 2. The van der Waals surface area contributed by atoms with Crippen LogP contribution in [0.4, 0.5) is 11.4 Å². The summed E-state index contributed by atoms with van der Waals surface area (Å²) in [6, 6.07) is 21.7. The molecule has 2 aliphatic heterocycles. The molecule has 1 fully saturated rings. The Morgan fingerprint density at radius 3 is 2.27 bits per heavy atom. The first-order chi connectivity index (χ1) is 15.8. The smallest absolute Gasteiger partial charge is 0.274 e. The number of fused-ring (bicyclic) bond motifs is 2. The quantitative estimate of drug-likeness (QED) is 0.595. The lowest BCUT2D eigenvalue weighted by molar-refractivity contribution is -0.123. The second-order valence-corrected chi connectivity index (χ2v) is 10.6. The van der Waals surface area contributed by atoms with Crippen LogP contribution in [0.1, 0.15) is 29.2 Å². The molecule has 2 aliphatic rings. The normalized spacial score (nSPS) is 21.2. The van der Waals surface area contributed by atoms with Crippen molar-refractivity contribution in [1.29, 1.82) is 0 Å². The van der Waals surface area contributed by atoms with Gasteiger partial charge in [0.1, 0.15) is 5.75 Å². The monoisotopic (exact) mass is 460 g/mol. The number of para-hydroxylation sites is 1. The molecule has 1 saturated heterocycles. The number of benzene rings is 3. The van der Waals surface area contributed by atoms with Gasteiger partial charge >= 0.3 is 0 Å². The van der Waals surface area contributed by atoms with E-state index < -0.39 is 32.3 Å². The highest BCUT2D eigenvalue weighted by atomic mass is 32.2. The number of hydrogen-bond acceptors (Lipinski definition) is 4. The molecule has 2 heterocycles. The van der Waals surface area contributed by atoms with Gasteiger partial charge in [-0.25, -0.2) is 8.42 Å². The van der Waals surface area contributed by atoms with E-state index >= 15 is 0 Å². The van der Waals surface area contributed by atoms with Gasteiger partial charge in [0.25, 0.3) is 10.8 Å². The van der Waals surface area contributed by atoms with Crippen LogP contribution < -0.4 is 9.80 Å². The molecule has 0 aliphatic carbocycles. The summed E-state index contributed by atoms with van der Waals surface area (Å²) in [5.41, 5.74) is 4.22. The van der Waals surface area contributed by atoms with Crippen LogP contribution in [0.25, 0.3) is 0 Å². The van der Waals surface area contributed by atoms with Gasteiger partial charge in [-0.1, -0.05) is 61.5 Å². The van der Waals surface area contributed by atoms with E-state index in [0.717, 1.165) is 23.1 Å². The van der Waals surface area contributed by atoms with Gasteiger partial charge < -0.3 is 4.90 Å². The zero-order chi connectivity index (χ0) is 23.4. The molecule has 0 radical (unpaired) electrons. The second kappa shape index (κ2) is 7.56. The summed E-state index contributed by atoms with van der Waals surface area (Å²) >= 11 is 0. The Hall–Kier alpha value is -3.45. The molecule has 0 N–H and O–H groups in total. The van der Waals surface area contributed by atoms with Crippen LogP contribution in [0.15, 0.2) is 72.8 Å². The lowest BCUT2D eigenvalue weighted by Crippen LogP contribution is -2.54. The van der Waals surface area contributed by atoms with Gasteiger partial charge in [-0.05, 0) is 48.2 Å². The molecule has 7 heteroatoms. The van der Waals surface area contributed by atoms with Crippen LogP contribution in [0, 0.1) is 6.92 Å². The third-order valence-electron chi connectivity index (χ3n) is 6.62. The Kier molecular flexibility index (Phi) is 4.90. The molecular weight excluding hydrogens is 436 g/mol. The number of rotatable bonds is 4. The van der Waals surface area contributed by atoms with Crippen molar-refractivity contribution in [3.63, 3.8) is 0 Å².